The summed E-state index contributed by atoms with van der Waals surface area (Å²) in [5.74, 6) is 0.106. The minimum absolute atomic E-state index is 0.0756. The van der Waals surface area contributed by atoms with Crippen molar-refractivity contribution < 1.29 is 9.59 Å². The number of hydrogen-bond donors (Lipinski definition) is 1. The predicted molar refractivity (Wildman–Crippen MR) is 113 cm³/mol. The number of benzene rings is 2. The van der Waals surface area contributed by atoms with Crippen LogP contribution in [0.3, 0.4) is 0 Å². The third-order valence-corrected chi connectivity index (χ3v) is 6.17. The smallest absolute Gasteiger partial charge is 0.289 e. The van der Waals surface area contributed by atoms with Crippen LogP contribution in [0.15, 0.2) is 60.8 Å². The van der Waals surface area contributed by atoms with Gasteiger partial charge < -0.3 is 9.88 Å². The monoisotopic (exact) mass is 393 g/mol. The number of amides is 2. The summed E-state index contributed by atoms with van der Waals surface area (Å²) in [6.07, 6.45) is 2.54. The Labute approximate surface area is 168 Å². The van der Waals surface area contributed by atoms with E-state index >= 15 is 0 Å². The summed E-state index contributed by atoms with van der Waals surface area (Å²) < 4.78 is 0. The van der Waals surface area contributed by atoms with Gasteiger partial charge in [-0.25, -0.2) is 0 Å². The quantitative estimate of drug-likeness (QED) is 0.665. The zero-order valence-corrected chi connectivity index (χ0v) is 16.8. The number of aromatic nitrogens is 1. The summed E-state index contributed by atoms with van der Waals surface area (Å²) in [7, 11) is 4.07. The first kappa shape index (κ1) is 18.8. The molecule has 1 aliphatic heterocycles. The predicted octanol–water partition coefficient (Wildman–Crippen LogP) is 4.60. The molecule has 0 saturated carbocycles. The first-order chi connectivity index (χ1) is 13.6. The maximum absolute atomic E-state index is 12.6. The van der Waals surface area contributed by atoms with Crippen molar-refractivity contribution in [1.29, 1.82) is 0 Å². The van der Waals surface area contributed by atoms with Crippen molar-refractivity contribution in [3.05, 3.63) is 71.9 Å². The van der Waals surface area contributed by atoms with Crippen molar-refractivity contribution in [2.24, 2.45) is 0 Å². The maximum Gasteiger partial charge on any atom is 0.289 e. The topological polar surface area (TPSA) is 56.4 Å². The molecule has 144 valence electrons. The van der Waals surface area contributed by atoms with Crippen LogP contribution in [-0.2, 0) is 4.79 Å². The van der Waals surface area contributed by atoms with Crippen LogP contribution in [0, 0.1) is 0 Å². The molecule has 2 aromatic carbocycles. The van der Waals surface area contributed by atoms with Crippen molar-refractivity contribution >= 4 is 33.8 Å². The highest BCUT2D eigenvalue weighted by molar-refractivity contribution is 8.14. The average molecular weight is 394 g/mol. The lowest BCUT2D eigenvalue weighted by Gasteiger charge is -2.33. The molecule has 0 radical (unpaired) electrons. The molecule has 0 aliphatic carbocycles. The molecule has 2 amide bonds. The van der Waals surface area contributed by atoms with Gasteiger partial charge in [-0.2, -0.15) is 0 Å². The maximum atomic E-state index is 12.6. The van der Waals surface area contributed by atoms with E-state index in [1.54, 1.807) is 0 Å². The van der Waals surface area contributed by atoms with E-state index in [2.05, 4.69) is 22.0 Å². The number of carbonyl (C=O) groups excluding carboxylic acids is 2. The molecular weight excluding hydrogens is 370 g/mol. The lowest BCUT2D eigenvalue weighted by atomic mass is 9.91. The first-order valence-electron chi connectivity index (χ1n) is 9.32. The third kappa shape index (κ3) is 3.45. The zero-order valence-electron chi connectivity index (χ0n) is 16.0. The van der Waals surface area contributed by atoms with Gasteiger partial charge in [0.1, 0.15) is 0 Å². The molecule has 1 aromatic heterocycles. The standard InChI is InChI=1S/C22H23N3O2S/c1-24(2)19(15-7-4-3-5-8-15)13-20(25-21(26)14-28-22(25)27)17-9-6-10-18-16(17)11-12-23-18/h3-12,19-20,23H,13-14H2,1-2H3. The number of imide groups is 1. The summed E-state index contributed by atoms with van der Waals surface area (Å²) in [5, 5.41) is 0.892. The van der Waals surface area contributed by atoms with Crippen molar-refractivity contribution in [2.45, 2.75) is 18.5 Å². The molecule has 28 heavy (non-hydrogen) atoms. The summed E-state index contributed by atoms with van der Waals surface area (Å²) in [5.41, 5.74) is 3.19. The lowest BCUT2D eigenvalue weighted by molar-refractivity contribution is -0.126. The third-order valence-electron chi connectivity index (χ3n) is 5.34. The number of nitrogens with one attached hydrogen (secondary N) is 1. The molecule has 1 aliphatic rings. The number of aromatic amines is 1. The van der Waals surface area contributed by atoms with E-state index in [9.17, 15) is 9.59 Å². The van der Waals surface area contributed by atoms with Crippen LogP contribution >= 0.6 is 11.8 Å². The lowest BCUT2D eigenvalue weighted by Crippen LogP contribution is -2.36. The Morgan fingerprint density at radius 3 is 2.54 bits per heavy atom. The second-order valence-corrected chi connectivity index (χ2v) is 8.17. The molecule has 6 heteroatoms. The van der Waals surface area contributed by atoms with Crippen LogP contribution in [-0.4, -0.2) is 45.8 Å². The van der Waals surface area contributed by atoms with Gasteiger partial charge in [0.05, 0.1) is 11.8 Å². The van der Waals surface area contributed by atoms with Gasteiger partial charge in [0, 0.05) is 23.1 Å². The molecule has 2 unspecified atom stereocenters. The molecule has 4 rings (SSSR count). The number of H-pyrrole nitrogens is 1. The zero-order chi connectivity index (χ0) is 19.7. The van der Waals surface area contributed by atoms with Crippen molar-refractivity contribution in [2.75, 3.05) is 19.8 Å². The number of rotatable bonds is 6. The van der Waals surface area contributed by atoms with E-state index in [-0.39, 0.29) is 29.0 Å². The van der Waals surface area contributed by atoms with Gasteiger partial charge in [0.2, 0.25) is 5.91 Å². The number of fused-ring (bicyclic) bond motifs is 1. The van der Waals surface area contributed by atoms with Crippen LogP contribution < -0.4 is 0 Å². The van der Waals surface area contributed by atoms with Gasteiger partial charge in [-0.15, -0.1) is 0 Å². The number of carbonyl (C=O) groups is 2. The van der Waals surface area contributed by atoms with Gasteiger partial charge in [0.15, 0.2) is 0 Å². The summed E-state index contributed by atoms with van der Waals surface area (Å²) in [4.78, 5) is 32.1. The highest BCUT2D eigenvalue weighted by Crippen LogP contribution is 2.40. The average Bonchev–Trinajstić information content (AvgIpc) is 3.30. The molecule has 0 spiro atoms. The van der Waals surface area contributed by atoms with Crippen molar-refractivity contribution in [1.82, 2.24) is 14.8 Å². The fourth-order valence-corrected chi connectivity index (χ4v) is 4.72. The molecule has 1 fully saturated rings. The molecule has 2 atom stereocenters. The Bertz CT molecular complexity index is 983. The molecule has 0 bridgehead atoms. The molecule has 5 nitrogen and oxygen atoms in total. The van der Waals surface area contributed by atoms with E-state index in [1.807, 2.05) is 62.8 Å². The van der Waals surface area contributed by atoms with E-state index in [1.165, 1.54) is 10.5 Å². The SMILES string of the molecule is CN(C)C(CC(c1cccc2[nH]ccc12)N1C(=O)CSC1=O)c1ccccc1. The van der Waals surface area contributed by atoms with Gasteiger partial charge in [0.25, 0.3) is 5.24 Å². The Balaban J connectivity index is 1.80. The van der Waals surface area contributed by atoms with E-state index < -0.39 is 0 Å². The molecule has 2 heterocycles. The second-order valence-electron chi connectivity index (χ2n) is 7.25. The Kier molecular flexibility index (Phi) is 5.24. The highest BCUT2D eigenvalue weighted by atomic mass is 32.2. The summed E-state index contributed by atoms with van der Waals surface area (Å²) in [6.45, 7) is 0. The normalized spacial score (nSPS) is 16.9. The Hall–Kier alpha value is -2.57. The number of hydrogen-bond acceptors (Lipinski definition) is 4. The fraction of sp³-hybridized carbons (Fsp3) is 0.273. The Morgan fingerprint density at radius 1 is 1.07 bits per heavy atom. The first-order valence-corrected chi connectivity index (χ1v) is 10.3. The molecular formula is C22H23N3O2S. The van der Waals surface area contributed by atoms with Gasteiger partial charge >= 0.3 is 0 Å². The molecule has 1 saturated heterocycles. The Morgan fingerprint density at radius 2 is 1.86 bits per heavy atom. The number of nitrogens with zero attached hydrogens (tertiary/aromatic N) is 2. The molecule has 3 aromatic rings. The minimum Gasteiger partial charge on any atom is -0.361 e. The second kappa shape index (κ2) is 7.81. The summed E-state index contributed by atoms with van der Waals surface area (Å²) >= 11 is 1.09. The largest absolute Gasteiger partial charge is 0.361 e. The highest BCUT2D eigenvalue weighted by Gasteiger charge is 2.39. The van der Waals surface area contributed by atoms with E-state index in [0.717, 1.165) is 28.2 Å². The van der Waals surface area contributed by atoms with E-state index in [4.69, 9.17) is 0 Å². The fourth-order valence-electron chi connectivity index (χ4n) is 3.97. The number of thioether (sulfide) groups is 1. The van der Waals surface area contributed by atoms with Crippen LogP contribution in [0.25, 0.3) is 10.9 Å². The van der Waals surface area contributed by atoms with Gasteiger partial charge in [-0.1, -0.05) is 54.2 Å². The van der Waals surface area contributed by atoms with Crippen LogP contribution in [0.5, 0.6) is 0 Å². The molecule has 1 N–H and O–H groups in total. The van der Waals surface area contributed by atoms with Crippen molar-refractivity contribution in [3.8, 4) is 0 Å². The summed E-state index contributed by atoms with van der Waals surface area (Å²) in [6, 6.07) is 18.0. The van der Waals surface area contributed by atoms with Crippen molar-refractivity contribution in [3.63, 3.8) is 0 Å². The van der Waals surface area contributed by atoms with E-state index in [0.29, 0.717) is 6.42 Å². The van der Waals surface area contributed by atoms with Crippen LogP contribution in [0.4, 0.5) is 4.79 Å². The van der Waals surface area contributed by atoms with Crippen LogP contribution in [0.2, 0.25) is 0 Å². The van der Waals surface area contributed by atoms with Gasteiger partial charge in [-0.3, -0.25) is 14.5 Å². The van der Waals surface area contributed by atoms with Gasteiger partial charge in [-0.05, 0) is 43.8 Å². The minimum atomic E-state index is -0.317. The van der Waals surface area contributed by atoms with Crippen LogP contribution in [0.1, 0.15) is 29.6 Å².